The SMILES string of the molecule is CCNC(=O)N1CCC(Oc2cccc3cccnc23)C1. The van der Waals surface area contributed by atoms with Crippen LogP contribution in [0.25, 0.3) is 10.9 Å². The predicted molar refractivity (Wildman–Crippen MR) is 81.4 cm³/mol. The third-order valence-electron chi connectivity index (χ3n) is 3.65. The minimum atomic E-state index is -0.0142. The van der Waals surface area contributed by atoms with Crippen molar-refractivity contribution in [2.75, 3.05) is 19.6 Å². The van der Waals surface area contributed by atoms with Crippen molar-refractivity contribution in [3.63, 3.8) is 0 Å². The van der Waals surface area contributed by atoms with Gasteiger partial charge in [0.25, 0.3) is 0 Å². The highest BCUT2D eigenvalue weighted by molar-refractivity contribution is 5.84. The molecular weight excluding hydrogens is 266 g/mol. The van der Waals surface area contributed by atoms with Gasteiger partial charge in [-0.2, -0.15) is 0 Å². The zero-order chi connectivity index (χ0) is 14.7. The first-order valence-corrected chi connectivity index (χ1v) is 7.31. The Morgan fingerprint density at radius 3 is 3.14 bits per heavy atom. The smallest absolute Gasteiger partial charge is 0.317 e. The number of rotatable bonds is 3. The first-order chi connectivity index (χ1) is 10.3. The molecule has 1 N–H and O–H groups in total. The number of ether oxygens (including phenoxy) is 1. The van der Waals surface area contributed by atoms with E-state index in [1.165, 1.54) is 0 Å². The van der Waals surface area contributed by atoms with E-state index >= 15 is 0 Å². The highest BCUT2D eigenvalue weighted by Crippen LogP contribution is 2.26. The Bertz CT molecular complexity index is 639. The normalized spacial score (nSPS) is 18.0. The van der Waals surface area contributed by atoms with Crippen LogP contribution in [0.4, 0.5) is 4.79 Å². The minimum absolute atomic E-state index is 0.0142. The summed E-state index contributed by atoms with van der Waals surface area (Å²) in [6.07, 6.45) is 2.64. The molecule has 110 valence electrons. The summed E-state index contributed by atoms with van der Waals surface area (Å²) in [6.45, 7) is 3.92. The number of benzene rings is 1. The van der Waals surface area contributed by atoms with Gasteiger partial charge < -0.3 is 15.0 Å². The fraction of sp³-hybridized carbons (Fsp3) is 0.375. The highest BCUT2D eigenvalue weighted by Gasteiger charge is 2.27. The van der Waals surface area contributed by atoms with E-state index in [0.717, 1.165) is 29.6 Å². The quantitative estimate of drug-likeness (QED) is 0.942. The van der Waals surface area contributed by atoms with Crippen LogP contribution in [0.1, 0.15) is 13.3 Å². The van der Waals surface area contributed by atoms with Crippen LogP contribution in [0.3, 0.4) is 0 Å². The molecule has 0 aliphatic carbocycles. The lowest BCUT2D eigenvalue weighted by molar-refractivity contribution is 0.188. The molecule has 0 bridgehead atoms. The number of carbonyl (C=O) groups excluding carboxylic acids is 1. The van der Waals surface area contributed by atoms with Gasteiger partial charge in [0.15, 0.2) is 0 Å². The molecule has 2 amide bonds. The van der Waals surface area contributed by atoms with E-state index in [1.54, 1.807) is 11.1 Å². The minimum Gasteiger partial charge on any atom is -0.486 e. The van der Waals surface area contributed by atoms with Crippen molar-refractivity contribution in [3.8, 4) is 5.75 Å². The van der Waals surface area contributed by atoms with Gasteiger partial charge in [-0.1, -0.05) is 18.2 Å². The second-order valence-corrected chi connectivity index (χ2v) is 5.14. The summed E-state index contributed by atoms with van der Waals surface area (Å²) in [7, 11) is 0. The van der Waals surface area contributed by atoms with Crippen molar-refractivity contribution in [2.24, 2.45) is 0 Å². The Balaban J connectivity index is 1.71. The third kappa shape index (κ3) is 2.91. The van der Waals surface area contributed by atoms with E-state index in [9.17, 15) is 4.79 Å². The molecule has 3 rings (SSSR count). The average Bonchev–Trinajstić information content (AvgIpc) is 2.97. The third-order valence-corrected chi connectivity index (χ3v) is 3.65. The number of carbonyl (C=O) groups is 1. The van der Waals surface area contributed by atoms with Crippen LogP contribution in [0.5, 0.6) is 5.75 Å². The fourth-order valence-electron chi connectivity index (χ4n) is 2.62. The van der Waals surface area contributed by atoms with Crippen LogP contribution in [-0.4, -0.2) is 41.7 Å². The number of hydrogen-bond donors (Lipinski definition) is 1. The van der Waals surface area contributed by atoms with Gasteiger partial charge in [0.1, 0.15) is 17.4 Å². The highest BCUT2D eigenvalue weighted by atomic mass is 16.5. The lowest BCUT2D eigenvalue weighted by Gasteiger charge is -2.17. The van der Waals surface area contributed by atoms with E-state index in [2.05, 4.69) is 10.3 Å². The second-order valence-electron chi connectivity index (χ2n) is 5.14. The molecule has 0 spiro atoms. The van der Waals surface area contributed by atoms with Crippen molar-refractivity contribution >= 4 is 16.9 Å². The molecule has 1 aliphatic heterocycles. The summed E-state index contributed by atoms with van der Waals surface area (Å²) >= 11 is 0. The molecule has 5 nitrogen and oxygen atoms in total. The van der Waals surface area contributed by atoms with E-state index < -0.39 is 0 Å². The monoisotopic (exact) mass is 285 g/mol. The number of nitrogens with zero attached hydrogens (tertiary/aromatic N) is 2. The van der Waals surface area contributed by atoms with Crippen LogP contribution in [0, 0.1) is 0 Å². The molecule has 5 heteroatoms. The first kappa shape index (κ1) is 13.7. The standard InChI is InChI=1S/C16H19N3O2/c1-2-17-16(20)19-10-8-13(11-19)21-14-7-3-5-12-6-4-9-18-15(12)14/h3-7,9,13H,2,8,10-11H2,1H3,(H,17,20). The van der Waals surface area contributed by atoms with Gasteiger partial charge in [0.05, 0.1) is 6.54 Å². The molecule has 2 aromatic rings. The number of fused-ring (bicyclic) bond motifs is 1. The molecule has 21 heavy (non-hydrogen) atoms. The fourth-order valence-corrected chi connectivity index (χ4v) is 2.62. The van der Waals surface area contributed by atoms with Crippen molar-refractivity contribution < 1.29 is 9.53 Å². The number of pyridine rings is 1. The number of hydrogen-bond acceptors (Lipinski definition) is 3. The number of amides is 2. The molecular formula is C16H19N3O2. The summed E-state index contributed by atoms with van der Waals surface area (Å²) < 4.78 is 6.06. The average molecular weight is 285 g/mol. The van der Waals surface area contributed by atoms with E-state index in [0.29, 0.717) is 13.1 Å². The topological polar surface area (TPSA) is 54.5 Å². The molecule has 0 radical (unpaired) electrons. The van der Waals surface area contributed by atoms with Gasteiger partial charge in [0.2, 0.25) is 0 Å². The summed E-state index contributed by atoms with van der Waals surface area (Å²) in [5.74, 6) is 0.788. The van der Waals surface area contributed by atoms with Crippen molar-refractivity contribution in [3.05, 3.63) is 36.5 Å². The maximum absolute atomic E-state index is 11.8. The molecule has 0 saturated carbocycles. The Hall–Kier alpha value is -2.30. The zero-order valence-corrected chi connectivity index (χ0v) is 12.1. The number of likely N-dealkylation sites (tertiary alicyclic amines) is 1. The molecule has 1 aliphatic rings. The zero-order valence-electron chi connectivity index (χ0n) is 12.1. The summed E-state index contributed by atoms with van der Waals surface area (Å²) in [5, 5.41) is 3.88. The largest absolute Gasteiger partial charge is 0.486 e. The summed E-state index contributed by atoms with van der Waals surface area (Å²) in [6, 6.07) is 9.84. The molecule has 1 unspecified atom stereocenters. The first-order valence-electron chi connectivity index (χ1n) is 7.31. The van der Waals surface area contributed by atoms with Crippen LogP contribution in [0.2, 0.25) is 0 Å². The maximum atomic E-state index is 11.8. The molecule has 1 saturated heterocycles. The molecule has 1 aromatic carbocycles. The second kappa shape index (κ2) is 5.99. The van der Waals surface area contributed by atoms with Crippen LogP contribution in [-0.2, 0) is 0 Å². The van der Waals surface area contributed by atoms with Gasteiger partial charge in [-0.05, 0) is 19.1 Å². The van der Waals surface area contributed by atoms with Crippen molar-refractivity contribution in [1.29, 1.82) is 0 Å². The summed E-state index contributed by atoms with van der Waals surface area (Å²) in [4.78, 5) is 18.0. The van der Waals surface area contributed by atoms with E-state index in [4.69, 9.17) is 4.74 Å². The Kier molecular flexibility index (Phi) is 3.90. The lowest BCUT2D eigenvalue weighted by atomic mass is 10.2. The number of aromatic nitrogens is 1. The van der Waals surface area contributed by atoms with Crippen molar-refractivity contribution in [1.82, 2.24) is 15.2 Å². The van der Waals surface area contributed by atoms with Crippen LogP contribution < -0.4 is 10.1 Å². The van der Waals surface area contributed by atoms with Crippen LogP contribution in [0.15, 0.2) is 36.5 Å². The van der Waals surface area contributed by atoms with Gasteiger partial charge >= 0.3 is 6.03 Å². The van der Waals surface area contributed by atoms with Gasteiger partial charge in [-0.25, -0.2) is 4.79 Å². The van der Waals surface area contributed by atoms with E-state index in [-0.39, 0.29) is 12.1 Å². The Labute approximate surface area is 123 Å². The summed E-state index contributed by atoms with van der Waals surface area (Å²) in [5.41, 5.74) is 0.872. The van der Waals surface area contributed by atoms with Gasteiger partial charge in [0, 0.05) is 31.1 Å². The van der Waals surface area contributed by atoms with Gasteiger partial charge in [-0.15, -0.1) is 0 Å². The van der Waals surface area contributed by atoms with Crippen molar-refractivity contribution in [2.45, 2.75) is 19.4 Å². The lowest BCUT2D eigenvalue weighted by Crippen LogP contribution is -2.39. The molecule has 1 atom stereocenters. The number of nitrogens with one attached hydrogen (secondary N) is 1. The van der Waals surface area contributed by atoms with E-state index in [1.807, 2.05) is 37.3 Å². The molecule has 1 aromatic heterocycles. The Morgan fingerprint density at radius 2 is 2.29 bits per heavy atom. The molecule has 1 fully saturated rings. The number of urea groups is 1. The maximum Gasteiger partial charge on any atom is 0.317 e. The predicted octanol–water partition coefficient (Wildman–Crippen LogP) is 2.42. The van der Waals surface area contributed by atoms with Gasteiger partial charge in [-0.3, -0.25) is 4.98 Å². The molecule has 2 heterocycles. The Morgan fingerprint density at radius 1 is 1.43 bits per heavy atom. The van der Waals surface area contributed by atoms with Crippen LogP contribution >= 0.6 is 0 Å². The number of para-hydroxylation sites is 1.